The molecular formula is C24H35N6NaO6. The molecule has 0 spiro atoms. The van der Waals surface area contributed by atoms with Crippen molar-refractivity contribution < 1.29 is 58.8 Å². The Morgan fingerprint density at radius 3 is 2.49 bits per heavy atom. The topological polar surface area (TPSA) is 155 Å². The van der Waals surface area contributed by atoms with Crippen molar-refractivity contribution in [1.29, 1.82) is 0 Å². The molecule has 2 heterocycles. The van der Waals surface area contributed by atoms with Gasteiger partial charge in [0.1, 0.15) is 0 Å². The number of hydrogen-bond acceptors (Lipinski definition) is 10. The van der Waals surface area contributed by atoms with Crippen LogP contribution >= 0.6 is 0 Å². The molecule has 2 N–H and O–H groups in total. The van der Waals surface area contributed by atoms with E-state index in [-0.39, 0.29) is 54.0 Å². The summed E-state index contributed by atoms with van der Waals surface area (Å²) in [4.78, 5) is 25.5. The molecule has 3 rings (SSSR count). The number of carbonyl (C=O) groups is 2. The van der Waals surface area contributed by atoms with Crippen LogP contribution in [0.4, 0.5) is 0 Å². The zero-order chi connectivity index (χ0) is 26.2. The van der Waals surface area contributed by atoms with Crippen molar-refractivity contribution in [3.63, 3.8) is 0 Å². The first-order chi connectivity index (χ1) is 17.2. The maximum absolute atomic E-state index is 12.9. The number of rotatable bonds is 13. The maximum atomic E-state index is 12.9. The number of ether oxygens (including phenoxy) is 2. The van der Waals surface area contributed by atoms with Crippen LogP contribution in [0.15, 0.2) is 12.1 Å². The Balaban J connectivity index is 0.00000481. The largest absolute Gasteiger partial charge is 1.00 e. The van der Waals surface area contributed by atoms with E-state index in [9.17, 15) is 19.8 Å². The second kappa shape index (κ2) is 14.6. The Morgan fingerprint density at radius 1 is 1.19 bits per heavy atom. The Labute approximate surface area is 239 Å². The van der Waals surface area contributed by atoms with Crippen molar-refractivity contribution in [2.24, 2.45) is 5.92 Å². The van der Waals surface area contributed by atoms with Crippen LogP contribution in [0.2, 0.25) is 0 Å². The molecule has 1 aliphatic rings. The number of carboxylic acid groups (broad SMARTS) is 1. The van der Waals surface area contributed by atoms with Gasteiger partial charge in [-0.05, 0) is 52.4 Å². The quantitative estimate of drug-likeness (QED) is 0.256. The number of carboxylic acids is 1. The summed E-state index contributed by atoms with van der Waals surface area (Å²) in [5, 5.41) is 35.7. The van der Waals surface area contributed by atoms with Crippen LogP contribution in [0.3, 0.4) is 0 Å². The summed E-state index contributed by atoms with van der Waals surface area (Å²) < 4.78 is 12.4. The Kier molecular flexibility index (Phi) is 12.2. The molecule has 1 aromatic heterocycles. The molecule has 1 aliphatic heterocycles. The Morgan fingerprint density at radius 2 is 1.86 bits per heavy atom. The molecule has 0 aliphatic carbocycles. The minimum absolute atomic E-state index is 0. The number of aliphatic carboxylic acids is 1. The van der Waals surface area contributed by atoms with Gasteiger partial charge < -0.3 is 34.7 Å². The van der Waals surface area contributed by atoms with E-state index >= 15 is 0 Å². The van der Waals surface area contributed by atoms with E-state index < -0.39 is 18.5 Å². The summed E-state index contributed by atoms with van der Waals surface area (Å²) in [7, 11) is 3.21. The van der Waals surface area contributed by atoms with Crippen molar-refractivity contribution in [3.8, 4) is 11.5 Å². The normalized spacial score (nSPS) is 14.5. The molecule has 0 fully saturated rings. The predicted octanol–water partition coefficient (Wildman–Crippen LogP) is -3.15. The summed E-state index contributed by atoms with van der Waals surface area (Å²) in [6, 6.07) is 3.62. The number of aliphatic hydroxyl groups excluding tert-OH is 1. The second-order valence-corrected chi connectivity index (χ2v) is 9.26. The number of amides is 1. The molecule has 12 nitrogen and oxygen atoms in total. The van der Waals surface area contributed by atoms with E-state index in [4.69, 9.17) is 9.47 Å². The number of nitrogens with zero attached hydrogens (tertiary/aromatic N) is 5. The number of tetrazole rings is 1. The molecule has 2 aromatic rings. The van der Waals surface area contributed by atoms with E-state index in [0.29, 0.717) is 49.8 Å². The van der Waals surface area contributed by atoms with Crippen LogP contribution < -0.4 is 49.5 Å². The van der Waals surface area contributed by atoms with Crippen molar-refractivity contribution in [2.45, 2.75) is 64.8 Å². The van der Waals surface area contributed by atoms with Gasteiger partial charge >= 0.3 is 29.6 Å². The molecule has 0 radical (unpaired) electrons. The number of nitrogens with one attached hydrogen (secondary N) is 1. The second-order valence-electron chi connectivity index (χ2n) is 9.26. The van der Waals surface area contributed by atoms with Crippen molar-refractivity contribution >= 4 is 11.9 Å². The fraction of sp³-hybridized carbons (Fsp3) is 0.625. The molecule has 198 valence electrons. The van der Waals surface area contributed by atoms with Gasteiger partial charge in [0.25, 0.3) is 0 Å². The molecule has 1 aromatic carbocycles. The van der Waals surface area contributed by atoms with E-state index in [2.05, 4.69) is 20.8 Å². The summed E-state index contributed by atoms with van der Waals surface area (Å²) in [5.74, 6) is 0.750. The molecule has 2 unspecified atom stereocenters. The molecule has 37 heavy (non-hydrogen) atoms. The van der Waals surface area contributed by atoms with Crippen molar-refractivity contribution in [3.05, 3.63) is 29.1 Å². The van der Waals surface area contributed by atoms with Crippen LogP contribution in [-0.4, -0.2) is 75.5 Å². The summed E-state index contributed by atoms with van der Waals surface area (Å²) in [5.41, 5.74) is 2.22. The minimum Gasteiger partial charge on any atom is -0.550 e. The zero-order valence-corrected chi connectivity index (χ0v) is 24.3. The Bertz CT molecular complexity index is 1050. The van der Waals surface area contributed by atoms with Gasteiger partial charge in [0.15, 0.2) is 17.3 Å². The first-order valence-electron chi connectivity index (χ1n) is 12.1. The van der Waals surface area contributed by atoms with Crippen LogP contribution in [0.25, 0.3) is 0 Å². The number of hydrogen-bond donors (Lipinski definition) is 2. The van der Waals surface area contributed by atoms with Gasteiger partial charge in [-0.2, -0.15) is 0 Å². The summed E-state index contributed by atoms with van der Waals surface area (Å²) >= 11 is 0. The number of carbonyl (C=O) groups excluding carboxylic acids is 2. The third-order valence-corrected chi connectivity index (χ3v) is 6.31. The molecule has 2 atom stereocenters. The van der Waals surface area contributed by atoms with E-state index in [1.165, 1.54) is 0 Å². The maximum Gasteiger partial charge on any atom is 1.00 e. The zero-order valence-electron chi connectivity index (χ0n) is 22.3. The van der Waals surface area contributed by atoms with Crippen LogP contribution in [0, 0.1) is 5.92 Å². The third kappa shape index (κ3) is 8.37. The molecule has 13 heteroatoms. The standard InChI is InChI=1S/C24H36N6O6.Na/c1-15(2)23(25-13-18(31)12-22(33)34)24-26-27-28-30(24)8-5-6-21(32)29-9-7-16-10-19(35-3)20(36-4)11-17(16)14-29;/h10-11,15,18,23,25,31H,5-9,12-14H2,1-4H3,(H,33,34);/q;+1/p-1. The third-order valence-electron chi connectivity index (χ3n) is 6.31. The van der Waals surface area contributed by atoms with Gasteiger partial charge in [-0.3, -0.25) is 4.79 Å². The van der Waals surface area contributed by atoms with Crippen LogP contribution in [0.1, 0.15) is 56.1 Å². The van der Waals surface area contributed by atoms with Crippen LogP contribution in [-0.2, 0) is 29.1 Å². The van der Waals surface area contributed by atoms with Crippen molar-refractivity contribution in [2.75, 3.05) is 27.3 Å². The van der Waals surface area contributed by atoms with E-state index in [1.807, 2.05) is 30.9 Å². The van der Waals surface area contributed by atoms with Gasteiger partial charge in [-0.1, -0.05) is 13.8 Å². The molecule has 0 bridgehead atoms. The van der Waals surface area contributed by atoms with Gasteiger partial charge in [0, 0.05) is 45.0 Å². The van der Waals surface area contributed by atoms with E-state index in [1.54, 1.807) is 18.9 Å². The monoisotopic (exact) mass is 526 g/mol. The number of aliphatic hydroxyl groups is 1. The molecule has 0 saturated heterocycles. The number of fused-ring (bicyclic) bond motifs is 1. The number of methoxy groups -OCH3 is 2. The molecular weight excluding hydrogens is 491 g/mol. The number of aromatic nitrogens is 4. The van der Waals surface area contributed by atoms with Gasteiger partial charge in [0.2, 0.25) is 5.91 Å². The average Bonchev–Trinajstić information content (AvgIpc) is 3.30. The average molecular weight is 527 g/mol. The Hall–Kier alpha value is -2.25. The van der Waals surface area contributed by atoms with Gasteiger partial charge in [-0.15, -0.1) is 5.10 Å². The number of aryl methyl sites for hydroxylation is 1. The minimum atomic E-state index is -1.31. The first kappa shape index (κ1) is 31.0. The van der Waals surface area contributed by atoms with Crippen LogP contribution in [0.5, 0.6) is 11.5 Å². The summed E-state index contributed by atoms with van der Waals surface area (Å²) in [6.07, 6.45) is 0.140. The fourth-order valence-corrected chi connectivity index (χ4v) is 4.38. The van der Waals surface area contributed by atoms with E-state index in [0.717, 1.165) is 17.5 Å². The first-order valence-corrected chi connectivity index (χ1v) is 12.1. The smallest absolute Gasteiger partial charge is 0.550 e. The number of benzene rings is 1. The summed E-state index contributed by atoms with van der Waals surface area (Å²) in [6.45, 7) is 5.64. The van der Waals surface area contributed by atoms with Gasteiger partial charge in [0.05, 0.1) is 26.4 Å². The molecule has 1 amide bonds. The van der Waals surface area contributed by atoms with Crippen molar-refractivity contribution in [1.82, 2.24) is 30.4 Å². The van der Waals surface area contributed by atoms with Gasteiger partial charge in [-0.25, -0.2) is 4.68 Å². The SMILES string of the molecule is COc1cc2c(cc1OC)CN(C(=O)CCCn1nnnc1C(NCC(O)CC(=O)[O-])C(C)C)CC2.[Na+]. The molecule has 0 saturated carbocycles. The predicted molar refractivity (Wildman–Crippen MR) is 127 cm³/mol. The fourth-order valence-electron chi connectivity index (χ4n) is 4.38.